The zero-order valence-corrected chi connectivity index (χ0v) is 9.97. The fourth-order valence-corrected chi connectivity index (χ4v) is 1.02. The van der Waals surface area contributed by atoms with Crippen LogP contribution in [-0.4, -0.2) is 52.4 Å². The molecule has 0 rings (SSSR count). The van der Waals surface area contributed by atoms with Crippen LogP contribution in [0.4, 0.5) is 0 Å². The molecule has 0 radical (unpaired) electrons. The fraction of sp³-hybridized carbons (Fsp3) is 0.667. The SMILES string of the molecule is O=C(O)CN(CCS)CC(=O)O.[O]=[99Tc]. The van der Waals surface area contributed by atoms with Gasteiger partial charge in [-0.1, -0.05) is 0 Å². The number of thiol groups is 1. The Labute approximate surface area is 97.1 Å². The van der Waals surface area contributed by atoms with Gasteiger partial charge in [-0.2, -0.15) is 12.6 Å². The standard InChI is InChI=1S/C6H11NO4S.O.Tc/c8-5(9)3-7(1-2-12)4-6(10)11;;/h12H,1-4H2,(H,8,9)(H,10,11);;/i;;1+1. The first-order chi connectivity index (χ1) is 6.56. The molecular weight excluding hydrogens is 297 g/mol. The van der Waals surface area contributed by atoms with Gasteiger partial charge in [-0.25, -0.2) is 0 Å². The van der Waals surface area contributed by atoms with Gasteiger partial charge in [0, 0.05) is 12.3 Å². The molecule has 0 atom stereocenters. The van der Waals surface area contributed by atoms with E-state index in [0.717, 1.165) is 18.9 Å². The van der Waals surface area contributed by atoms with Crippen molar-refractivity contribution in [2.75, 3.05) is 25.4 Å². The van der Waals surface area contributed by atoms with Gasteiger partial charge < -0.3 is 10.2 Å². The number of hydrogen-bond donors (Lipinski definition) is 3. The van der Waals surface area contributed by atoms with Crippen molar-refractivity contribution in [3.63, 3.8) is 0 Å². The third kappa shape index (κ3) is 11.7. The molecule has 0 spiro atoms. The van der Waals surface area contributed by atoms with E-state index in [2.05, 4.69) is 12.6 Å². The summed E-state index contributed by atoms with van der Waals surface area (Å²) in [5.41, 5.74) is 0. The van der Waals surface area contributed by atoms with E-state index in [1.165, 1.54) is 4.90 Å². The van der Waals surface area contributed by atoms with Crippen molar-refractivity contribution in [1.82, 2.24) is 4.90 Å². The average Bonchev–Trinajstić information content (AvgIpc) is 2.06. The van der Waals surface area contributed by atoms with Gasteiger partial charge in [0.1, 0.15) is 0 Å². The molecule has 0 bridgehead atoms. The van der Waals surface area contributed by atoms with Crippen LogP contribution in [0.15, 0.2) is 0 Å². The van der Waals surface area contributed by atoms with Crippen molar-refractivity contribution >= 4 is 24.6 Å². The van der Waals surface area contributed by atoms with E-state index in [9.17, 15) is 9.59 Å². The van der Waals surface area contributed by atoms with E-state index in [4.69, 9.17) is 13.7 Å². The molecule has 0 aromatic rings. The topological polar surface area (TPSA) is 94.9 Å². The first-order valence-corrected chi connectivity index (χ1v) is 4.87. The zero-order valence-electron chi connectivity index (χ0n) is 7.22. The summed E-state index contributed by atoms with van der Waals surface area (Å²) in [5.74, 6) is -1.61. The quantitative estimate of drug-likeness (QED) is 0.560. The predicted octanol–water partition coefficient (Wildman–Crippen LogP) is -0.734. The Kier molecular flexibility index (Phi) is 12.4. The van der Waals surface area contributed by atoms with Crippen molar-refractivity contribution in [2.45, 2.75) is 0 Å². The number of carboxylic acid groups (broad SMARTS) is 2. The fourth-order valence-electron chi connectivity index (χ4n) is 0.738. The molecule has 0 saturated carbocycles. The summed E-state index contributed by atoms with van der Waals surface area (Å²) in [4.78, 5) is 21.7. The summed E-state index contributed by atoms with van der Waals surface area (Å²) in [6.07, 6.45) is 0. The summed E-state index contributed by atoms with van der Waals surface area (Å²) in [7, 11) is 0. The van der Waals surface area contributed by atoms with E-state index in [0.29, 0.717) is 12.3 Å². The van der Waals surface area contributed by atoms with Crippen LogP contribution in [0.1, 0.15) is 0 Å². The molecule has 0 heterocycles. The average molecular weight is 308 g/mol. The molecule has 0 aliphatic carbocycles. The summed E-state index contributed by atoms with van der Waals surface area (Å²) in [6.45, 7) is -0.151. The van der Waals surface area contributed by atoms with Gasteiger partial charge in [0.25, 0.3) is 0 Å². The Balaban J connectivity index is 0. The van der Waals surface area contributed by atoms with Gasteiger partial charge in [0.15, 0.2) is 0 Å². The number of carboxylic acids is 2. The molecule has 0 saturated heterocycles. The Morgan fingerprint density at radius 1 is 1.14 bits per heavy atom. The summed E-state index contributed by atoms with van der Waals surface area (Å²) < 4.78 is 8.22. The Bertz CT molecular complexity index is 175. The first-order valence-electron chi connectivity index (χ1n) is 3.48. The summed E-state index contributed by atoms with van der Waals surface area (Å²) in [5, 5.41) is 16.7. The molecular formula is C6H11NO5STc. The van der Waals surface area contributed by atoms with Crippen LogP contribution in [0.2, 0.25) is 0 Å². The normalized spacial score (nSPS) is 9.00. The van der Waals surface area contributed by atoms with E-state index in [-0.39, 0.29) is 13.1 Å². The van der Waals surface area contributed by atoms with Gasteiger partial charge in [-0.3, -0.25) is 14.5 Å². The van der Waals surface area contributed by atoms with E-state index < -0.39 is 11.9 Å². The number of carbonyl (C=O) groups is 2. The van der Waals surface area contributed by atoms with E-state index in [1.54, 1.807) is 0 Å². The maximum atomic E-state index is 10.2. The maximum absolute atomic E-state index is 10.2. The Hall–Kier alpha value is -0.301. The van der Waals surface area contributed by atoms with Crippen LogP contribution >= 0.6 is 12.6 Å². The van der Waals surface area contributed by atoms with E-state index in [1.807, 2.05) is 0 Å². The number of hydrogen-bond acceptors (Lipinski definition) is 5. The summed E-state index contributed by atoms with van der Waals surface area (Å²) in [6, 6.07) is 0. The van der Waals surface area contributed by atoms with Crippen molar-refractivity contribution in [3.8, 4) is 0 Å². The number of rotatable bonds is 6. The molecule has 0 aliphatic heterocycles. The molecule has 0 unspecified atom stereocenters. The van der Waals surface area contributed by atoms with Crippen molar-refractivity contribution < 1.29 is 42.2 Å². The first kappa shape index (κ1) is 16.1. The number of aliphatic carboxylic acids is 2. The molecule has 0 aliphatic rings. The van der Waals surface area contributed by atoms with Gasteiger partial charge in [-0.15, -0.1) is 0 Å². The second kappa shape index (κ2) is 10.8. The van der Waals surface area contributed by atoms with Crippen LogP contribution < -0.4 is 0 Å². The van der Waals surface area contributed by atoms with Gasteiger partial charge in [0.2, 0.25) is 0 Å². The molecule has 83 valence electrons. The zero-order chi connectivity index (χ0) is 11.6. The molecule has 0 amide bonds. The second-order valence-electron chi connectivity index (χ2n) is 2.22. The molecule has 0 fully saturated rings. The molecule has 0 aromatic heterocycles. The predicted molar refractivity (Wildman–Crippen MR) is 46.3 cm³/mol. The van der Waals surface area contributed by atoms with Crippen molar-refractivity contribution in [2.24, 2.45) is 0 Å². The minimum absolute atomic E-state index is 0.257. The van der Waals surface area contributed by atoms with Crippen LogP contribution in [0, 0.1) is 0 Å². The van der Waals surface area contributed by atoms with Crippen LogP contribution in [0.5, 0.6) is 0 Å². The van der Waals surface area contributed by atoms with Crippen LogP contribution in [-0.2, 0) is 31.9 Å². The third-order valence-electron chi connectivity index (χ3n) is 1.13. The second-order valence-corrected chi connectivity index (χ2v) is 2.67. The summed E-state index contributed by atoms with van der Waals surface area (Å²) >= 11 is 4.78. The third-order valence-corrected chi connectivity index (χ3v) is 1.33. The van der Waals surface area contributed by atoms with Gasteiger partial charge in [-0.05, 0) is 0 Å². The molecule has 0 aromatic carbocycles. The molecule has 2 N–H and O–H groups in total. The number of nitrogens with zero attached hydrogens (tertiary/aromatic N) is 1. The Morgan fingerprint density at radius 2 is 1.50 bits per heavy atom. The molecule has 6 nitrogen and oxygen atoms in total. The van der Waals surface area contributed by atoms with Gasteiger partial charge >= 0.3 is 34.3 Å². The molecule has 8 heteroatoms. The van der Waals surface area contributed by atoms with Crippen molar-refractivity contribution in [1.29, 1.82) is 0 Å². The van der Waals surface area contributed by atoms with E-state index >= 15 is 0 Å². The van der Waals surface area contributed by atoms with Crippen LogP contribution in [0.25, 0.3) is 0 Å². The minimum atomic E-state index is -1.03. The van der Waals surface area contributed by atoms with Gasteiger partial charge in [0.05, 0.1) is 13.1 Å². The monoisotopic (exact) mass is 308 g/mol. The molecule has 14 heavy (non-hydrogen) atoms. The van der Waals surface area contributed by atoms with Crippen LogP contribution in [0.3, 0.4) is 0 Å². The van der Waals surface area contributed by atoms with Crippen molar-refractivity contribution in [3.05, 3.63) is 0 Å². The Morgan fingerprint density at radius 3 is 1.71 bits per heavy atom.